The molecule has 0 saturated carbocycles. The number of halogens is 1. The highest BCUT2D eigenvalue weighted by Crippen LogP contribution is 2.33. The average Bonchev–Trinajstić information content (AvgIpc) is 2.79. The Labute approximate surface area is 191 Å². The molecule has 0 aliphatic rings. The molecule has 0 fully saturated rings. The number of amides is 2. The van der Waals surface area contributed by atoms with E-state index in [0.29, 0.717) is 25.3 Å². The molecule has 0 aromatic heterocycles. The Morgan fingerprint density at radius 2 is 1.74 bits per heavy atom. The van der Waals surface area contributed by atoms with Gasteiger partial charge in [0, 0.05) is 13.1 Å². The summed E-state index contributed by atoms with van der Waals surface area (Å²) in [5.74, 6) is 0.200. The number of hydrogen-bond acceptors (Lipinski definition) is 3. The maximum absolute atomic E-state index is 13.1. The second-order valence-corrected chi connectivity index (χ2v) is 8.07. The van der Waals surface area contributed by atoms with Crippen molar-refractivity contribution in [2.45, 2.75) is 26.3 Å². The molecule has 3 aromatic carbocycles. The highest BCUT2D eigenvalue weighted by atomic mass is 79.9. The summed E-state index contributed by atoms with van der Waals surface area (Å²) in [5.41, 5.74) is 1.11. The number of carbonyl (C=O) groups is 2. The van der Waals surface area contributed by atoms with E-state index >= 15 is 0 Å². The molecule has 0 heterocycles. The predicted molar refractivity (Wildman–Crippen MR) is 127 cm³/mol. The minimum atomic E-state index is -0.584. The zero-order chi connectivity index (χ0) is 22.2. The van der Waals surface area contributed by atoms with Crippen LogP contribution in [0.2, 0.25) is 0 Å². The second kappa shape index (κ2) is 11.0. The van der Waals surface area contributed by atoms with Crippen LogP contribution in [-0.2, 0) is 16.0 Å². The zero-order valence-electron chi connectivity index (χ0n) is 17.8. The predicted octanol–water partition coefficient (Wildman–Crippen LogP) is 4.58. The maximum Gasteiger partial charge on any atom is 0.261 e. The molecule has 1 atom stereocenters. The van der Waals surface area contributed by atoms with E-state index in [1.54, 1.807) is 11.8 Å². The quantitative estimate of drug-likeness (QED) is 0.485. The van der Waals surface area contributed by atoms with Crippen molar-refractivity contribution in [3.05, 3.63) is 76.8 Å². The molecule has 1 N–H and O–H groups in total. The van der Waals surface area contributed by atoms with Crippen LogP contribution in [0.3, 0.4) is 0 Å². The molecule has 3 rings (SSSR count). The molecule has 31 heavy (non-hydrogen) atoms. The molecular weight excluding hydrogens is 456 g/mol. The Kier molecular flexibility index (Phi) is 8.06. The fourth-order valence-corrected chi connectivity index (χ4v) is 4.05. The Morgan fingerprint density at radius 3 is 2.48 bits per heavy atom. The highest BCUT2D eigenvalue weighted by molar-refractivity contribution is 9.10. The van der Waals surface area contributed by atoms with Crippen LogP contribution in [0.15, 0.2) is 71.2 Å². The molecule has 0 aliphatic heterocycles. The van der Waals surface area contributed by atoms with Crippen molar-refractivity contribution < 1.29 is 14.3 Å². The molecule has 162 valence electrons. The molecule has 3 aromatic rings. The molecule has 0 spiro atoms. The number of rotatable bonds is 9. The largest absolute Gasteiger partial charge is 0.483 e. The number of nitrogens with one attached hydrogen (secondary N) is 1. The van der Waals surface area contributed by atoms with Crippen LogP contribution in [-0.4, -0.2) is 42.5 Å². The second-order valence-electron chi connectivity index (χ2n) is 7.28. The van der Waals surface area contributed by atoms with Crippen LogP contribution in [0.5, 0.6) is 5.75 Å². The van der Waals surface area contributed by atoms with E-state index < -0.39 is 6.04 Å². The zero-order valence-corrected chi connectivity index (χ0v) is 19.4. The number of fused-ring (bicyclic) bond motifs is 1. The average molecular weight is 483 g/mol. The van der Waals surface area contributed by atoms with Gasteiger partial charge in [-0.2, -0.15) is 0 Å². The van der Waals surface area contributed by atoms with Gasteiger partial charge < -0.3 is 15.0 Å². The van der Waals surface area contributed by atoms with Crippen molar-refractivity contribution >= 4 is 38.5 Å². The van der Waals surface area contributed by atoms with Gasteiger partial charge in [0.05, 0.1) is 4.47 Å². The molecule has 0 radical (unpaired) electrons. The first-order valence-electron chi connectivity index (χ1n) is 10.4. The first-order chi connectivity index (χ1) is 15.0. The number of nitrogens with zero attached hydrogens (tertiary/aromatic N) is 1. The molecule has 1 unspecified atom stereocenters. The van der Waals surface area contributed by atoms with Crippen LogP contribution in [0.4, 0.5) is 0 Å². The lowest BCUT2D eigenvalue weighted by molar-refractivity contribution is -0.141. The van der Waals surface area contributed by atoms with Gasteiger partial charge in [-0.05, 0) is 58.6 Å². The number of likely N-dealkylation sites (N-methyl/N-ethyl adjacent to an activating group) is 1. The van der Waals surface area contributed by atoms with Gasteiger partial charge in [-0.1, -0.05) is 60.7 Å². The van der Waals surface area contributed by atoms with Crippen molar-refractivity contribution in [2.75, 3.05) is 19.7 Å². The molecular formula is C25H27BrN2O3. The minimum Gasteiger partial charge on any atom is -0.483 e. The smallest absolute Gasteiger partial charge is 0.261 e. The fraction of sp³-hybridized carbons (Fsp3) is 0.280. The third kappa shape index (κ3) is 5.85. The number of carbonyl (C=O) groups excluding carboxylic acids is 2. The third-order valence-corrected chi connectivity index (χ3v) is 6.00. The summed E-state index contributed by atoms with van der Waals surface area (Å²) >= 11 is 3.59. The monoisotopic (exact) mass is 482 g/mol. The Balaban J connectivity index is 1.72. The van der Waals surface area contributed by atoms with Crippen molar-refractivity contribution in [1.29, 1.82) is 0 Å². The molecule has 6 heteroatoms. The van der Waals surface area contributed by atoms with Gasteiger partial charge in [0.25, 0.3) is 5.91 Å². The lowest BCUT2D eigenvalue weighted by atomic mass is 10.1. The lowest BCUT2D eigenvalue weighted by Gasteiger charge is -2.28. The van der Waals surface area contributed by atoms with E-state index in [1.807, 2.05) is 73.7 Å². The molecule has 0 aliphatic carbocycles. The summed E-state index contributed by atoms with van der Waals surface area (Å²) in [6.45, 7) is 4.42. The molecule has 0 bridgehead atoms. The number of hydrogen-bond donors (Lipinski definition) is 1. The van der Waals surface area contributed by atoms with Crippen LogP contribution in [0.1, 0.15) is 19.4 Å². The Morgan fingerprint density at radius 1 is 1.03 bits per heavy atom. The summed E-state index contributed by atoms with van der Waals surface area (Å²) in [7, 11) is 0. The van der Waals surface area contributed by atoms with Crippen LogP contribution in [0.25, 0.3) is 10.8 Å². The van der Waals surface area contributed by atoms with E-state index in [0.717, 1.165) is 20.8 Å². The normalized spacial score (nSPS) is 11.7. The highest BCUT2D eigenvalue weighted by Gasteiger charge is 2.26. The van der Waals surface area contributed by atoms with Crippen LogP contribution >= 0.6 is 15.9 Å². The number of benzene rings is 3. The van der Waals surface area contributed by atoms with Crippen molar-refractivity contribution in [2.24, 2.45) is 0 Å². The fourth-order valence-electron chi connectivity index (χ4n) is 3.44. The van der Waals surface area contributed by atoms with Gasteiger partial charge in [0.1, 0.15) is 11.8 Å². The number of ether oxygens (including phenoxy) is 1. The summed E-state index contributed by atoms with van der Waals surface area (Å²) in [6.07, 6.45) is 0.663. The molecule has 2 amide bonds. The summed E-state index contributed by atoms with van der Waals surface area (Å²) in [5, 5.41) is 4.90. The van der Waals surface area contributed by atoms with Crippen molar-refractivity contribution in [3.63, 3.8) is 0 Å². The van der Waals surface area contributed by atoms with Gasteiger partial charge in [-0.25, -0.2) is 0 Å². The lowest BCUT2D eigenvalue weighted by Crippen LogP contribution is -2.50. The van der Waals surface area contributed by atoms with E-state index in [4.69, 9.17) is 4.74 Å². The van der Waals surface area contributed by atoms with Gasteiger partial charge in [0.15, 0.2) is 6.61 Å². The first kappa shape index (κ1) is 22.8. The summed E-state index contributed by atoms with van der Waals surface area (Å²) < 4.78 is 6.67. The van der Waals surface area contributed by atoms with E-state index in [2.05, 4.69) is 21.2 Å². The Hall–Kier alpha value is -2.86. The van der Waals surface area contributed by atoms with Crippen LogP contribution < -0.4 is 10.1 Å². The molecule has 5 nitrogen and oxygen atoms in total. The van der Waals surface area contributed by atoms with E-state index in [9.17, 15) is 9.59 Å². The van der Waals surface area contributed by atoms with Gasteiger partial charge >= 0.3 is 0 Å². The summed E-state index contributed by atoms with van der Waals surface area (Å²) in [4.78, 5) is 27.1. The van der Waals surface area contributed by atoms with Crippen molar-refractivity contribution in [1.82, 2.24) is 10.2 Å². The summed E-state index contributed by atoms with van der Waals surface area (Å²) in [6, 6.07) is 21.1. The topological polar surface area (TPSA) is 58.6 Å². The molecule has 0 saturated heterocycles. The van der Waals surface area contributed by atoms with Crippen molar-refractivity contribution in [3.8, 4) is 5.75 Å². The van der Waals surface area contributed by atoms with Gasteiger partial charge in [0.2, 0.25) is 5.91 Å². The third-order valence-electron chi connectivity index (χ3n) is 5.18. The van der Waals surface area contributed by atoms with E-state index in [-0.39, 0.29) is 18.4 Å². The minimum absolute atomic E-state index is 0.143. The van der Waals surface area contributed by atoms with Crippen LogP contribution in [0, 0.1) is 0 Å². The SMILES string of the molecule is CCNC(=O)C(C)N(CCc1ccccc1)C(=O)COc1ccc2ccccc2c1Br. The first-order valence-corrected chi connectivity index (χ1v) is 11.2. The van der Waals surface area contributed by atoms with E-state index in [1.165, 1.54) is 0 Å². The van der Waals surface area contributed by atoms with Gasteiger partial charge in [-0.3, -0.25) is 9.59 Å². The van der Waals surface area contributed by atoms with Gasteiger partial charge in [-0.15, -0.1) is 0 Å². The standard InChI is InChI=1S/C25H27BrN2O3/c1-3-27-25(30)18(2)28(16-15-19-9-5-4-6-10-19)23(29)17-31-22-14-13-20-11-7-8-12-21(20)24(22)26/h4-14,18H,3,15-17H2,1-2H3,(H,27,30). The maximum atomic E-state index is 13.1. The Bertz CT molecular complexity index is 1040.